The Labute approximate surface area is 115 Å². The molecule has 18 heavy (non-hydrogen) atoms. The highest BCUT2D eigenvalue weighted by Crippen LogP contribution is 2.37. The molecule has 0 unspecified atom stereocenters. The fourth-order valence-corrected chi connectivity index (χ4v) is 2.65. The van der Waals surface area contributed by atoms with E-state index in [1.165, 1.54) is 0 Å². The third-order valence-electron chi connectivity index (χ3n) is 3.54. The number of likely N-dealkylation sites (tertiary alicyclic amines) is 1. The van der Waals surface area contributed by atoms with E-state index in [9.17, 15) is 4.79 Å². The van der Waals surface area contributed by atoms with Crippen LogP contribution >= 0.6 is 11.6 Å². The molecule has 0 saturated carbocycles. The van der Waals surface area contributed by atoms with Gasteiger partial charge in [-0.25, -0.2) is 0 Å². The molecule has 0 N–H and O–H groups in total. The van der Waals surface area contributed by atoms with Gasteiger partial charge in [0.1, 0.15) is 0 Å². The molecule has 1 aromatic carbocycles. The van der Waals surface area contributed by atoms with Crippen LogP contribution in [-0.4, -0.2) is 30.3 Å². The van der Waals surface area contributed by atoms with Crippen molar-refractivity contribution in [3.63, 3.8) is 0 Å². The van der Waals surface area contributed by atoms with Crippen molar-refractivity contribution in [2.45, 2.75) is 32.1 Å². The Morgan fingerprint density at radius 2 is 1.67 bits per heavy atom. The monoisotopic (exact) mass is 267 g/mol. The average Bonchev–Trinajstić information content (AvgIpc) is 2.43. The number of rotatable bonds is 2. The molecule has 3 heteroatoms. The van der Waals surface area contributed by atoms with E-state index in [0.29, 0.717) is 0 Å². The normalized spacial score (nSPS) is 18.7. The number of halogens is 1. The quantitative estimate of drug-likeness (QED) is 0.765. The predicted molar refractivity (Wildman–Crippen MR) is 77.1 cm³/mol. The number of nitrogens with zero attached hydrogens (tertiary/aromatic N) is 1. The molecule has 0 aliphatic carbocycles. The zero-order valence-corrected chi connectivity index (χ0v) is 12.2. The van der Waals surface area contributed by atoms with Gasteiger partial charge in [-0.15, -0.1) is 0 Å². The largest absolute Gasteiger partial charge is 0.306 e. The SMILES string of the molecule is CC.CN1CCC(C(=O)Cl)(c2ccccc2)CC1. The Bertz CT molecular complexity index is 369. The van der Waals surface area contributed by atoms with Gasteiger partial charge in [0.25, 0.3) is 0 Å². The van der Waals surface area contributed by atoms with Crippen LogP contribution in [0.5, 0.6) is 0 Å². The summed E-state index contributed by atoms with van der Waals surface area (Å²) < 4.78 is 0. The maximum absolute atomic E-state index is 11.8. The molecule has 2 nitrogen and oxygen atoms in total. The average molecular weight is 268 g/mol. The fourth-order valence-electron chi connectivity index (χ4n) is 2.36. The van der Waals surface area contributed by atoms with E-state index in [4.69, 9.17) is 11.6 Å². The van der Waals surface area contributed by atoms with Gasteiger partial charge in [-0.1, -0.05) is 44.2 Å². The lowest BCUT2D eigenvalue weighted by Gasteiger charge is -2.38. The highest BCUT2D eigenvalue weighted by atomic mass is 35.5. The maximum Gasteiger partial charge on any atom is 0.232 e. The number of carbonyl (C=O) groups is 1. The van der Waals surface area contributed by atoms with Crippen molar-refractivity contribution < 1.29 is 4.79 Å². The molecular formula is C15H22ClNO. The van der Waals surface area contributed by atoms with Crippen LogP contribution in [-0.2, 0) is 10.2 Å². The van der Waals surface area contributed by atoms with Crippen LogP contribution in [0.1, 0.15) is 32.3 Å². The van der Waals surface area contributed by atoms with E-state index < -0.39 is 5.41 Å². The first kappa shape index (κ1) is 15.2. The highest BCUT2D eigenvalue weighted by molar-refractivity contribution is 6.65. The van der Waals surface area contributed by atoms with E-state index in [-0.39, 0.29) is 5.24 Å². The third kappa shape index (κ3) is 3.12. The lowest BCUT2D eigenvalue weighted by Crippen LogP contribution is -2.44. The molecule has 0 spiro atoms. The minimum absolute atomic E-state index is 0.216. The van der Waals surface area contributed by atoms with Crippen molar-refractivity contribution in [3.05, 3.63) is 35.9 Å². The molecule has 1 fully saturated rings. The molecule has 1 saturated heterocycles. The van der Waals surface area contributed by atoms with Gasteiger partial charge in [0.2, 0.25) is 5.24 Å². The number of carbonyl (C=O) groups excluding carboxylic acids is 1. The first-order valence-corrected chi connectivity index (χ1v) is 6.97. The predicted octanol–water partition coefficient (Wildman–Crippen LogP) is 3.44. The molecular weight excluding hydrogens is 246 g/mol. The van der Waals surface area contributed by atoms with Crippen molar-refractivity contribution in [1.82, 2.24) is 4.90 Å². The Morgan fingerprint density at radius 1 is 1.17 bits per heavy atom. The summed E-state index contributed by atoms with van der Waals surface area (Å²) in [4.78, 5) is 14.0. The summed E-state index contributed by atoms with van der Waals surface area (Å²) in [6.45, 7) is 5.85. The molecule has 0 radical (unpaired) electrons. The van der Waals surface area contributed by atoms with Crippen molar-refractivity contribution in [1.29, 1.82) is 0 Å². The summed E-state index contributed by atoms with van der Waals surface area (Å²) in [7, 11) is 2.08. The van der Waals surface area contributed by atoms with Crippen molar-refractivity contribution in [2.75, 3.05) is 20.1 Å². The molecule has 1 aliphatic heterocycles. The van der Waals surface area contributed by atoms with Gasteiger partial charge >= 0.3 is 0 Å². The van der Waals surface area contributed by atoms with Crippen molar-refractivity contribution in [2.24, 2.45) is 0 Å². The zero-order chi connectivity index (χ0) is 13.6. The molecule has 0 aromatic heterocycles. The second-order valence-electron chi connectivity index (χ2n) is 4.53. The van der Waals surface area contributed by atoms with Gasteiger partial charge in [0.05, 0.1) is 5.41 Å². The van der Waals surface area contributed by atoms with E-state index in [1.807, 2.05) is 44.2 Å². The molecule has 0 amide bonds. The van der Waals surface area contributed by atoms with Crippen LogP contribution in [0.2, 0.25) is 0 Å². The van der Waals surface area contributed by atoms with Crippen LogP contribution in [0.25, 0.3) is 0 Å². The minimum Gasteiger partial charge on any atom is -0.306 e. The number of piperidine rings is 1. The summed E-state index contributed by atoms with van der Waals surface area (Å²) in [5.41, 5.74) is 0.595. The van der Waals surface area contributed by atoms with E-state index in [1.54, 1.807) is 0 Å². The van der Waals surface area contributed by atoms with Gasteiger partial charge in [-0.3, -0.25) is 4.79 Å². The Balaban J connectivity index is 0.000000771. The van der Waals surface area contributed by atoms with Crippen LogP contribution in [0.4, 0.5) is 0 Å². The lowest BCUT2D eigenvalue weighted by molar-refractivity contribution is -0.118. The summed E-state index contributed by atoms with van der Waals surface area (Å²) >= 11 is 5.84. The molecule has 0 bridgehead atoms. The van der Waals surface area contributed by atoms with Gasteiger partial charge < -0.3 is 4.90 Å². The Morgan fingerprint density at radius 3 is 2.11 bits per heavy atom. The second kappa shape index (κ2) is 6.91. The number of hydrogen-bond acceptors (Lipinski definition) is 2. The molecule has 1 aromatic rings. The van der Waals surface area contributed by atoms with E-state index in [0.717, 1.165) is 31.5 Å². The minimum atomic E-state index is -0.463. The topological polar surface area (TPSA) is 20.3 Å². The van der Waals surface area contributed by atoms with E-state index in [2.05, 4.69) is 11.9 Å². The van der Waals surface area contributed by atoms with Gasteiger partial charge in [0, 0.05) is 0 Å². The van der Waals surface area contributed by atoms with E-state index >= 15 is 0 Å². The summed E-state index contributed by atoms with van der Waals surface area (Å²) in [6.07, 6.45) is 1.63. The number of benzene rings is 1. The molecule has 100 valence electrons. The summed E-state index contributed by atoms with van der Waals surface area (Å²) in [5, 5.41) is -0.216. The molecule has 1 heterocycles. The Kier molecular flexibility index (Phi) is 5.83. The highest BCUT2D eigenvalue weighted by Gasteiger charge is 2.41. The van der Waals surface area contributed by atoms with Crippen LogP contribution < -0.4 is 0 Å². The molecule has 0 atom stereocenters. The standard InChI is InChI=1S/C13H16ClNO.C2H6/c1-15-9-7-13(8-10-15,12(14)16)11-5-3-2-4-6-11;1-2/h2-6H,7-10H2,1H3;1-2H3. The van der Waals surface area contributed by atoms with Gasteiger partial charge in [-0.2, -0.15) is 0 Å². The smallest absolute Gasteiger partial charge is 0.232 e. The van der Waals surface area contributed by atoms with Crippen LogP contribution in [0.15, 0.2) is 30.3 Å². The fraction of sp³-hybridized carbons (Fsp3) is 0.533. The summed E-state index contributed by atoms with van der Waals surface area (Å²) in [6, 6.07) is 9.91. The Hall–Kier alpha value is -0.860. The summed E-state index contributed by atoms with van der Waals surface area (Å²) in [5.74, 6) is 0. The molecule has 1 aliphatic rings. The zero-order valence-electron chi connectivity index (χ0n) is 11.4. The third-order valence-corrected chi connectivity index (χ3v) is 3.90. The first-order valence-electron chi connectivity index (χ1n) is 6.59. The van der Waals surface area contributed by atoms with Gasteiger partial charge in [0.15, 0.2) is 0 Å². The molecule has 2 rings (SSSR count). The maximum atomic E-state index is 11.8. The van der Waals surface area contributed by atoms with Crippen LogP contribution in [0.3, 0.4) is 0 Å². The van der Waals surface area contributed by atoms with Crippen molar-refractivity contribution in [3.8, 4) is 0 Å². The van der Waals surface area contributed by atoms with Gasteiger partial charge in [-0.05, 0) is 50.1 Å². The van der Waals surface area contributed by atoms with Crippen molar-refractivity contribution >= 4 is 16.8 Å². The first-order chi connectivity index (χ1) is 8.65. The van der Waals surface area contributed by atoms with Crippen LogP contribution in [0, 0.1) is 0 Å². The lowest BCUT2D eigenvalue weighted by atomic mass is 9.74. The number of hydrogen-bond donors (Lipinski definition) is 0. The second-order valence-corrected chi connectivity index (χ2v) is 4.87.